The van der Waals surface area contributed by atoms with E-state index >= 15 is 0 Å². The quantitative estimate of drug-likeness (QED) is 0.361. The van der Waals surface area contributed by atoms with Gasteiger partial charge < -0.3 is 5.11 Å². The molecule has 0 spiro atoms. The van der Waals surface area contributed by atoms with Crippen LogP contribution in [0.2, 0.25) is 0 Å². The summed E-state index contributed by atoms with van der Waals surface area (Å²) in [5.41, 5.74) is 2.38. The highest BCUT2D eigenvalue weighted by atomic mass is 16.3. The van der Waals surface area contributed by atoms with Gasteiger partial charge in [-0.25, -0.2) is 0 Å². The lowest BCUT2D eigenvalue weighted by molar-refractivity contribution is 0.186. The molecule has 1 aliphatic carbocycles. The lowest BCUT2D eigenvalue weighted by atomic mass is 9.94. The summed E-state index contributed by atoms with van der Waals surface area (Å²) in [6.45, 7) is 0. The molecule has 1 atom stereocenters. The lowest BCUT2D eigenvalue weighted by Crippen LogP contribution is -1.92. The first kappa shape index (κ1) is 11.3. The molecule has 4 aromatic rings. The molecule has 0 bridgehead atoms. The molecule has 0 saturated heterocycles. The molecule has 0 aromatic heterocycles. The molecule has 1 aliphatic rings. The third-order valence-corrected chi connectivity index (χ3v) is 4.78. The standard InChI is InChI=1S/C20H14O/c21-19-11-18-15-9-8-12-4-1-2-6-14(12)17(15)10-13-5-3-7-16(19)20(13)18/h1-10,19,21H,11H2/t19-/m0/s1. The molecular weight excluding hydrogens is 256 g/mol. The van der Waals surface area contributed by atoms with Gasteiger partial charge in [-0.1, -0.05) is 54.6 Å². The fourth-order valence-corrected chi connectivity index (χ4v) is 3.85. The van der Waals surface area contributed by atoms with Crippen LogP contribution in [0.3, 0.4) is 0 Å². The zero-order valence-corrected chi connectivity index (χ0v) is 11.5. The van der Waals surface area contributed by atoms with E-state index in [1.54, 1.807) is 0 Å². The van der Waals surface area contributed by atoms with Crippen LogP contribution < -0.4 is 0 Å². The second-order valence-corrected chi connectivity index (χ2v) is 5.90. The molecule has 0 saturated carbocycles. The monoisotopic (exact) mass is 270 g/mol. The van der Waals surface area contributed by atoms with Gasteiger partial charge in [0.05, 0.1) is 6.10 Å². The Kier molecular flexibility index (Phi) is 2.06. The Hall–Kier alpha value is -2.38. The van der Waals surface area contributed by atoms with Gasteiger partial charge in [0.2, 0.25) is 0 Å². The largest absolute Gasteiger partial charge is 0.388 e. The number of hydrogen-bond donors (Lipinski definition) is 1. The van der Waals surface area contributed by atoms with Crippen LogP contribution in [0.15, 0.2) is 60.7 Å². The Morgan fingerprint density at radius 2 is 1.62 bits per heavy atom. The van der Waals surface area contributed by atoms with Gasteiger partial charge >= 0.3 is 0 Å². The summed E-state index contributed by atoms with van der Waals surface area (Å²) in [7, 11) is 0. The number of rotatable bonds is 0. The Bertz CT molecular complexity index is 1030. The van der Waals surface area contributed by atoms with Crippen molar-refractivity contribution < 1.29 is 5.11 Å². The molecule has 0 unspecified atom stereocenters. The normalized spacial score (nSPS) is 17.1. The SMILES string of the molecule is O[C@H]1Cc2c3ccc4ccccc4c3cc3cccc1c23. The molecule has 5 rings (SSSR count). The zero-order valence-electron chi connectivity index (χ0n) is 11.5. The number of benzene rings is 4. The number of aliphatic hydroxyl groups excluding tert-OH is 1. The minimum absolute atomic E-state index is 0.360. The van der Waals surface area contributed by atoms with Gasteiger partial charge in [-0.2, -0.15) is 0 Å². The third kappa shape index (κ3) is 1.39. The van der Waals surface area contributed by atoms with E-state index in [4.69, 9.17) is 0 Å². The third-order valence-electron chi connectivity index (χ3n) is 4.78. The van der Waals surface area contributed by atoms with E-state index in [0.717, 1.165) is 12.0 Å². The molecule has 0 amide bonds. The highest BCUT2D eigenvalue weighted by molar-refractivity contribution is 6.15. The van der Waals surface area contributed by atoms with Crippen molar-refractivity contribution in [2.75, 3.05) is 0 Å². The summed E-state index contributed by atoms with van der Waals surface area (Å²) < 4.78 is 0. The number of aliphatic hydroxyl groups is 1. The second kappa shape index (κ2) is 3.84. The van der Waals surface area contributed by atoms with Gasteiger partial charge in [0.1, 0.15) is 0 Å². The van der Waals surface area contributed by atoms with Crippen molar-refractivity contribution in [2.24, 2.45) is 0 Å². The molecule has 0 heterocycles. The van der Waals surface area contributed by atoms with Gasteiger partial charge in [-0.3, -0.25) is 0 Å². The first-order valence-electron chi connectivity index (χ1n) is 7.37. The van der Waals surface area contributed by atoms with E-state index in [1.165, 1.54) is 37.9 Å². The number of fused-ring (bicyclic) bond motifs is 4. The van der Waals surface area contributed by atoms with E-state index in [9.17, 15) is 5.11 Å². The summed E-state index contributed by atoms with van der Waals surface area (Å²) in [6.07, 6.45) is 0.367. The molecule has 1 heteroatoms. The first-order valence-corrected chi connectivity index (χ1v) is 7.37. The van der Waals surface area contributed by atoms with Crippen molar-refractivity contribution in [3.63, 3.8) is 0 Å². The molecule has 0 fully saturated rings. The average molecular weight is 270 g/mol. The van der Waals surface area contributed by atoms with Gasteiger partial charge in [-0.05, 0) is 49.5 Å². The maximum atomic E-state index is 10.3. The second-order valence-electron chi connectivity index (χ2n) is 5.90. The van der Waals surface area contributed by atoms with Crippen molar-refractivity contribution in [1.29, 1.82) is 0 Å². The first-order chi connectivity index (χ1) is 10.3. The molecule has 0 aliphatic heterocycles. The molecule has 100 valence electrons. The smallest absolute Gasteiger partial charge is 0.0836 e. The maximum Gasteiger partial charge on any atom is 0.0836 e. The summed E-state index contributed by atoms with van der Waals surface area (Å²) in [4.78, 5) is 0. The van der Waals surface area contributed by atoms with Gasteiger partial charge in [0.15, 0.2) is 0 Å². The van der Waals surface area contributed by atoms with E-state index < -0.39 is 0 Å². The van der Waals surface area contributed by atoms with Gasteiger partial charge in [0.25, 0.3) is 0 Å². The minimum Gasteiger partial charge on any atom is -0.388 e. The topological polar surface area (TPSA) is 20.2 Å². The van der Waals surface area contributed by atoms with E-state index in [1.807, 2.05) is 6.07 Å². The molecule has 4 aromatic carbocycles. The van der Waals surface area contributed by atoms with Crippen molar-refractivity contribution in [3.05, 3.63) is 71.8 Å². The van der Waals surface area contributed by atoms with E-state index in [2.05, 4.69) is 54.6 Å². The van der Waals surface area contributed by atoms with Crippen molar-refractivity contribution in [2.45, 2.75) is 12.5 Å². The van der Waals surface area contributed by atoms with Crippen LogP contribution in [0.25, 0.3) is 32.3 Å². The maximum absolute atomic E-state index is 10.3. The van der Waals surface area contributed by atoms with Crippen molar-refractivity contribution >= 4 is 32.3 Å². The summed E-state index contributed by atoms with van der Waals surface area (Å²) in [5.74, 6) is 0. The predicted octanol–water partition coefficient (Wildman–Crippen LogP) is 4.74. The average Bonchev–Trinajstić information content (AvgIpc) is 2.86. The van der Waals surface area contributed by atoms with Gasteiger partial charge in [0, 0.05) is 6.42 Å². The minimum atomic E-state index is -0.360. The van der Waals surface area contributed by atoms with E-state index in [-0.39, 0.29) is 6.10 Å². The molecule has 0 radical (unpaired) electrons. The Morgan fingerprint density at radius 1 is 0.762 bits per heavy atom. The summed E-state index contributed by atoms with van der Waals surface area (Å²) in [5, 5.41) is 18.0. The predicted molar refractivity (Wildman–Crippen MR) is 87.6 cm³/mol. The van der Waals surface area contributed by atoms with Crippen molar-refractivity contribution in [3.8, 4) is 0 Å². The summed E-state index contributed by atoms with van der Waals surface area (Å²) in [6, 6.07) is 21.4. The van der Waals surface area contributed by atoms with Crippen LogP contribution in [0.4, 0.5) is 0 Å². The molecule has 1 N–H and O–H groups in total. The lowest BCUT2D eigenvalue weighted by Gasteiger charge is -2.09. The fourth-order valence-electron chi connectivity index (χ4n) is 3.85. The fraction of sp³-hybridized carbons (Fsp3) is 0.100. The van der Waals surface area contributed by atoms with Crippen molar-refractivity contribution in [1.82, 2.24) is 0 Å². The van der Waals surface area contributed by atoms with Crippen LogP contribution in [-0.4, -0.2) is 5.11 Å². The van der Waals surface area contributed by atoms with Crippen LogP contribution in [0.1, 0.15) is 17.2 Å². The highest BCUT2D eigenvalue weighted by Crippen LogP contribution is 2.42. The van der Waals surface area contributed by atoms with Crippen LogP contribution >= 0.6 is 0 Å². The Labute approximate surface area is 122 Å². The molecular formula is C20H14O. The zero-order chi connectivity index (χ0) is 14.0. The van der Waals surface area contributed by atoms with Crippen LogP contribution in [0, 0.1) is 0 Å². The molecule has 1 nitrogen and oxygen atoms in total. The highest BCUT2D eigenvalue weighted by Gasteiger charge is 2.24. The van der Waals surface area contributed by atoms with Crippen LogP contribution in [-0.2, 0) is 6.42 Å². The Balaban J connectivity index is 2.07. The van der Waals surface area contributed by atoms with Gasteiger partial charge in [-0.15, -0.1) is 0 Å². The Morgan fingerprint density at radius 3 is 2.57 bits per heavy atom. The summed E-state index contributed by atoms with van der Waals surface area (Å²) >= 11 is 0. The van der Waals surface area contributed by atoms with Crippen LogP contribution in [0.5, 0.6) is 0 Å². The molecule has 21 heavy (non-hydrogen) atoms. The number of hydrogen-bond acceptors (Lipinski definition) is 1. The van der Waals surface area contributed by atoms with E-state index in [0.29, 0.717) is 0 Å².